The van der Waals surface area contributed by atoms with Gasteiger partial charge >= 0.3 is 0 Å². The summed E-state index contributed by atoms with van der Waals surface area (Å²) in [6.45, 7) is 7.77. The van der Waals surface area contributed by atoms with Crippen molar-refractivity contribution in [1.82, 2.24) is 5.32 Å². The number of hydrogen-bond acceptors (Lipinski definition) is 3. The summed E-state index contributed by atoms with van der Waals surface area (Å²) in [6, 6.07) is 12.7. The van der Waals surface area contributed by atoms with Gasteiger partial charge in [-0.1, -0.05) is 18.2 Å². The Morgan fingerprint density at radius 2 is 1.92 bits per heavy atom. The van der Waals surface area contributed by atoms with Gasteiger partial charge in [0.15, 0.2) is 11.6 Å². The van der Waals surface area contributed by atoms with Gasteiger partial charge in [0.1, 0.15) is 0 Å². The van der Waals surface area contributed by atoms with E-state index in [9.17, 15) is 9.18 Å². The third kappa shape index (κ3) is 5.87. The van der Waals surface area contributed by atoms with Gasteiger partial charge in [0.05, 0.1) is 6.10 Å². The van der Waals surface area contributed by atoms with Crippen molar-refractivity contribution in [3.63, 3.8) is 0 Å². The molecule has 0 spiro atoms. The lowest BCUT2D eigenvalue weighted by molar-refractivity contribution is -0.114. The number of hydrogen-bond donors (Lipinski definition) is 2. The van der Waals surface area contributed by atoms with E-state index in [1.54, 1.807) is 6.07 Å². The molecule has 2 N–H and O–H groups in total. The number of halogens is 1. The molecule has 0 fully saturated rings. The molecule has 2 rings (SSSR count). The van der Waals surface area contributed by atoms with Gasteiger partial charge in [-0.15, -0.1) is 0 Å². The Morgan fingerprint density at radius 1 is 1.16 bits per heavy atom. The molecule has 5 heteroatoms. The van der Waals surface area contributed by atoms with Crippen LogP contribution >= 0.6 is 0 Å². The Labute approximate surface area is 148 Å². The minimum Gasteiger partial charge on any atom is -0.488 e. The number of rotatable bonds is 7. The molecule has 0 radical (unpaired) electrons. The van der Waals surface area contributed by atoms with Crippen molar-refractivity contribution in [3.8, 4) is 5.75 Å². The number of carbonyl (C=O) groups excluding carboxylic acids is 1. The van der Waals surface area contributed by atoms with Crippen molar-refractivity contribution in [1.29, 1.82) is 0 Å². The third-order valence-electron chi connectivity index (χ3n) is 3.68. The Kier molecular flexibility index (Phi) is 6.53. The summed E-state index contributed by atoms with van der Waals surface area (Å²) in [5.41, 5.74) is 2.66. The van der Waals surface area contributed by atoms with E-state index in [2.05, 4.69) is 10.6 Å². The van der Waals surface area contributed by atoms with Crippen molar-refractivity contribution in [2.45, 2.75) is 46.4 Å². The van der Waals surface area contributed by atoms with E-state index in [0.29, 0.717) is 6.54 Å². The summed E-state index contributed by atoms with van der Waals surface area (Å²) in [4.78, 5) is 11.2. The van der Waals surface area contributed by atoms with Crippen molar-refractivity contribution in [2.75, 3.05) is 5.32 Å². The third-order valence-corrected chi connectivity index (χ3v) is 3.68. The molecule has 134 valence electrons. The molecule has 0 aliphatic heterocycles. The van der Waals surface area contributed by atoms with Crippen LogP contribution in [0.25, 0.3) is 0 Å². The maximum Gasteiger partial charge on any atom is 0.221 e. The van der Waals surface area contributed by atoms with E-state index in [1.165, 1.54) is 13.0 Å². The molecule has 0 saturated carbocycles. The Morgan fingerprint density at radius 3 is 2.56 bits per heavy atom. The highest BCUT2D eigenvalue weighted by molar-refractivity contribution is 5.88. The fourth-order valence-electron chi connectivity index (χ4n) is 2.48. The summed E-state index contributed by atoms with van der Waals surface area (Å²) < 4.78 is 19.4. The lowest BCUT2D eigenvalue weighted by atomic mass is 10.1. The van der Waals surface area contributed by atoms with Crippen molar-refractivity contribution >= 4 is 11.6 Å². The second-order valence-electron chi connectivity index (χ2n) is 6.34. The van der Waals surface area contributed by atoms with Crippen LogP contribution in [-0.4, -0.2) is 12.0 Å². The van der Waals surface area contributed by atoms with Crippen LogP contribution in [0.15, 0.2) is 42.5 Å². The molecule has 2 aromatic rings. The number of nitrogens with one attached hydrogen (secondary N) is 2. The second-order valence-corrected chi connectivity index (χ2v) is 6.34. The summed E-state index contributed by atoms with van der Waals surface area (Å²) in [5, 5.41) is 6.14. The van der Waals surface area contributed by atoms with Gasteiger partial charge in [-0.25, -0.2) is 4.39 Å². The maximum atomic E-state index is 14.0. The largest absolute Gasteiger partial charge is 0.488 e. The first kappa shape index (κ1) is 18.9. The fraction of sp³-hybridized carbons (Fsp3) is 0.350. The van der Waals surface area contributed by atoms with Crippen LogP contribution in [0.5, 0.6) is 5.75 Å². The molecule has 0 aliphatic carbocycles. The van der Waals surface area contributed by atoms with Crippen LogP contribution in [-0.2, 0) is 11.3 Å². The van der Waals surface area contributed by atoms with Gasteiger partial charge in [0.25, 0.3) is 0 Å². The Balaban J connectivity index is 1.99. The van der Waals surface area contributed by atoms with Crippen molar-refractivity contribution in [2.24, 2.45) is 0 Å². The lowest BCUT2D eigenvalue weighted by Gasteiger charge is -2.16. The van der Waals surface area contributed by atoms with Crippen LogP contribution in [0, 0.1) is 5.82 Å². The molecule has 0 aliphatic rings. The Bertz CT molecular complexity index is 731. The van der Waals surface area contributed by atoms with E-state index in [1.807, 2.05) is 51.1 Å². The normalized spacial score (nSPS) is 12.1. The van der Waals surface area contributed by atoms with E-state index in [4.69, 9.17) is 4.74 Å². The molecule has 0 saturated heterocycles. The zero-order valence-corrected chi connectivity index (χ0v) is 15.1. The van der Waals surface area contributed by atoms with E-state index in [-0.39, 0.29) is 29.6 Å². The summed E-state index contributed by atoms with van der Waals surface area (Å²) in [7, 11) is 0. The van der Waals surface area contributed by atoms with Crippen LogP contribution < -0.4 is 15.4 Å². The molecular weight excluding hydrogens is 319 g/mol. The van der Waals surface area contributed by atoms with Crippen LogP contribution in [0.3, 0.4) is 0 Å². The van der Waals surface area contributed by atoms with E-state index >= 15 is 0 Å². The average molecular weight is 344 g/mol. The number of anilines is 1. The molecule has 1 unspecified atom stereocenters. The quantitative estimate of drug-likeness (QED) is 0.781. The molecule has 25 heavy (non-hydrogen) atoms. The first-order chi connectivity index (χ1) is 11.8. The first-order valence-electron chi connectivity index (χ1n) is 8.41. The van der Waals surface area contributed by atoms with Gasteiger partial charge in [-0.2, -0.15) is 0 Å². The van der Waals surface area contributed by atoms with Gasteiger partial charge in [0, 0.05) is 25.2 Å². The van der Waals surface area contributed by atoms with Crippen molar-refractivity contribution in [3.05, 3.63) is 59.4 Å². The number of benzene rings is 2. The van der Waals surface area contributed by atoms with Gasteiger partial charge < -0.3 is 15.4 Å². The maximum absolute atomic E-state index is 14.0. The predicted octanol–water partition coefficient (Wildman–Crippen LogP) is 4.42. The van der Waals surface area contributed by atoms with Crippen LogP contribution in [0.4, 0.5) is 10.1 Å². The van der Waals surface area contributed by atoms with Gasteiger partial charge in [-0.3, -0.25) is 4.79 Å². The fourth-order valence-corrected chi connectivity index (χ4v) is 2.48. The zero-order chi connectivity index (χ0) is 18.4. The number of carbonyl (C=O) groups is 1. The molecule has 1 atom stereocenters. The van der Waals surface area contributed by atoms with Gasteiger partial charge in [-0.05, 0) is 56.2 Å². The topological polar surface area (TPSA) is 50.4 Å². The van der Waals surface area contributed by atoms with Crippen molar-refractivity contribution < 1.29 is 13.9 Å². The van der Waals surface area contributed by atoms with Gasteiger partial charge in [0.2, 0.25) is 5.91 Å². The molecule has 4 nitrogen and oxygen atoms in total. The minimum absolute atomic E-state index is 0.0587. The minimum atomic E-state index is -0.353. The number of ether oxygens (including phenoxy) is 1. The average Bonchev–Trinajstić information content (AvgIpc) is 2.54. The lowest BCUT2D eigenvalue weighted by Crippen LogP contribution is -2.18. The molecule has 2 aromatic carbocycles. The highest BCUT2D eigenvalue weighted by Crippen LogP contribution is 2.21. The molecule has 1 amide bonds. The van der Waals surface area contributed by atoms with Crippen LogP contribution in [0.1, 0.15) is 44.9 Å². The molecule has 0 heterocycles. The second kappa shape index (κ2) is 8.62. The zero-order valence-electron chi connectivity index (χ0n) is 15.1. The van der Waals surface area contributed by atoms with E-state index < -0.39 is 0 Å². The molecular formula is C20H25FN2O2. The summed E-state index contributed by atoms with van der Waals surface area (Å²) >= 11 is 0. The highest BCUT2D eigenvalue weighted by Gasteiger charge is 2.09. The summed E-state index contributed by atoms with van der Waals surface area (Å²) in [6.07, 6.45) is -0.0608. The summed E-state index contributed by atoms with van der Waals surface area (Å²) in [5.74, 6) is -0.181. The molecule has 0 aromatic heterocycles. The highest BCUT2D eigenvalue weighted by atomic mass is 19.1. The standard InChI is InChI=1S/C20H25FN2O2/c1-13(2)25-20-9-8-16(10-19(20)21)12-22-14(3)17-6-5-7-18(11-17)23-15(4)24/h5-11,13-14,22H,12H2,1-4H3,(H,23,24). The SMILES string of the molecule is CC(=O)Nc1cccc(C(C)NCc2ccc(OC(C)C)c(F)c2)c1. The monoisotopic (exact) mass is 344 g/mol. The van der Waals surface area contributed by atoms with Crippen LogP contribution in [0.2, 0.25) is 0 Å². The number of amides is 1. The smallest absolute Gasteiger partial charge is 0.221 e. The molecule has 0 bridgehead atoms. The first-order valence-corrected chi connectivity index (χ1v) is 8.41. The van der Waals surface area contributed by atoms with E-state index in [0.717, 1.165) is 16.8 Å². The predicted molar refractivity (Wildman–Crippen MR) is 98.2 cm³/mol. The Hall–Kier alpha value is -2.40.